The molecule has 1 aliphatic rings. The van der Waals surface area contributed by atoms with Crippen LogP contribution < -0.4 is 4.74 Å². The Kier molecular flexibility index (Phi) is 1.99. The normalized spacial score (nSPS) is 20.5. The van der Waals surface area contributed by atoms with Crippen LogP contribution in [0.25, 0.3) is 0 Å². The Morgan fingerprint density at radius 2 is 2.62 bits per heavy atom. The number of carboxylic acid groups (broad SMARTS) is 1. The predicted octanol–water partition coefficient (Wildman–Crippen LogP) is 0.737. The fraction of sp³-hybridized carbons (Fsp3) is 0.429. The van der Waals surface area contributed by atoms with Gasteiger partial charge < -0.3 is 9.84 Å². The molecular weight excluding hydrogens is 240 g/mol. The first-order chi connectivity index (χ1) is 6.18. The van der Waals surface area contributed by atoms with Crippen molar-refractivity contribution in [3.8, 4) is 5.88 Å². The van der Waals surface area contributed by atoms with Crippen LogP contribution in [0.5, 0.6) is 5.88 Å². The van der Waals surface area contributed by atoms with Crippen LogP contribution in [0.3, 0.4) is 0 Å². The fourth-order valence-corrected chi connectivity index (χ4v) is 1.62. The van der Waals surface area contributed by atoms with E-state index in [1.54, 1.807) is 4.68 Å². The largest absolute Gasteiger partial charge is 0.477 e. The Hall–Kier alpha value is -1.04. The summed E-state index contributed by atoms with van der Waals surface area (Å²) >= 11 is 3.37. The van der Waals surface area contributed by atoms with Crippen molar-refractivity contribution in [3.05, 3.63) is 11.8 Å². The van der Waals surface area contributed by atoms with Gasteiger partial charge in [0.2, 0.25) is 5.88 Å². The van der Waals surface area contributed by atoms with Crippen LogP contribution in [-0.4, -0.2) is 32.3 Å². The second kappa shape index (κ2) is 3.02. The second-order valence-electron chi connectivity index (χ2n) is 2.76. The van der Waals surface area contributed by atoms with Crippen molar-refractivity contribution in [3.63, 3.8) is 0 Å². The lowest BCUT2D eigenvalue weighted by molar-refractivity contribution is 0.0690. The van der Waals surface area contributed by atoms with E-state index in [0.717, 1.165) is 0 Å². The van der Waals surface area contributed by atoms with Crippen LogP contribution in [0.1, 0.15) is 10.4 Å². The van der Waals surface area contributed by atoms with Crippen LogP contribution in [0.4, 0.5) is 0 Å². The number of aromatic carboxylic acids is 1. The summed E-state index contributed by atoms with van der Waals surface area (Å²) in [6.07, 6.45) is 1.31. The fourth-order valence-electron chi connectivity index (χ4n) is 1.21. The number of hydrogen-bond acceptors (Lipinski definition) is 3. The van der Waals surface area contributed by atoms with Crippen molar-refractivity contribution in [2.75, 3.05) is 6.61 Å². The van der Waals surface area contributed by atoms with E-state index in [-0.39, 0.29) is 10.4 Å². The molecule has 1 N–H and O–H groups in total. The monoisotopic (exact) mass is 246 g/mol. The molecule has 0 unspecified atom stereocenters. The van der Waals surface area contributed by atoms with Gasteiger partial charge in [0.1, 0.15) is 12.2 Å². The summed E-state index contributed by atoms with van der Waals surface area (Å²) in [6.45, 7) is 1.12. The molecule has 70 valence electrons. The zero-order valence-electron chi connectivity index (χ0n) is 6.61. The maximum atomic E-state index is 10.7. The quantitative estimate of drug-likeness (QED) is 0.743. The first-order valence-corrected chi connectivity index (χ1v) is 4.66. The summed E-state index contributed by atoms with van der Waals surface area (Å²) < 4.78 is 6.79. The topological polar surface area (TPSA) is 64.3 Å². The number of ether oxygens (including phenoxy) is 1. The van der Waals surface area contributed by atoms with Crippen LogP contribution in [0.15, 0.2) is 6.20 Å². The Bertz CT molecular complexity index is 350. The molecule has 2 rings (SSSR count). The van der Waals surface area contributed by atoms with Crippen molar-refractivity contribution < 1.29 is 14.6 Å². The lowest BCUT2D eigenvalue weighted by atomic mass is 10.3. The SMILES string of the molecule is O=C(O)c1cnn2c1OC[C@@H](Br)C2. The number of halogens is 1. The molecule has 13 heavy (non-hydrogen) atoms. The summed E-state index contributed by atoms with van der Waals surface area (Å²) in [7, 11) is 0. The van der Waals surface area contributed by atoms with E-state index in [1.165, 1.54) is 6.20 Å². The molecule has 0 saturated carbocycles. The summed E-state index contributed by atoms with van der Waals surface area (Å²) in [5, 5.41) is 12.7. The number of nitrogens with zero attached hydrogens (tertiary/aromatic N) is 2. The molecule has 0 aliphatic carbocycles. The standard InChI is InChI=1S/C7H7BrN2O3/c8-4-2-10-6(13-3-4)5(1-9-10)7(11)12/h1,4H,2-3H2,(H,11,12)/t4-/m0/s1. The van der Waals surface area contributed by atoms with Crippen LogP contribution >= 0.6 is 15.9 Å². The Morgan fingerprint density at radius 1 is 1.85 bits per heavy atom. The van der Waals surface area contributed by atoms with Crippen molar-refractivity contribution in [1.82, 2.24) is 9.78 Å². The lowest BCUT2D eigenvalue weighted by Gasteiger charge is -2.19. The van der Waals surface area contributed by atoms with Crippen molar-refractivity contribution in [2.45, 2.75) is 11.4 Å². The third-order valence-electron chi connectivity index (χ3n) is 1.79. The van der Waals surface area contributed by atoms with Crippen LogP contribution in [0, 0.1) is 0 Å². The maximum Gasteiger partial charge on any atom is 0.342 e. The average Bonchev–Trinajstić information content (AvgIpc) is 2.46. The number of aromatic nitrogens is 2. The van der Waals surface area contributed by atoms with Gasteiger partial charge in [-0.15, -0.1) is 0 Å². The summed E-state index contributed by atoms with van der Waals surface area (Å²) in [6, 6.07) is 0. The molecule has 0 radical (unpaired) electrons. The number of alkyl halides is 1. The van der Waals surface area contributed by atoms with Gasteiger partial charge >= 0.3 is 5.97 Å². The van der Waals surface area contributed by atoms with Crippen LogP contribution in [-0.2, 0) is 6.54 Å². The molecule has 0 aromatic carbocycles. The molecule has 1 atom stereocenters. The third-order valence-corrected chi connectivity index (χ3v) is 2.35. The average molecular weight is 247 g/mol. The van der Waals surface area contributed by atoms with E-state index in [9.17, 15) is 4.79 Å². The van der Waals surface area contributed by atoms with Crippen molar-refractivity contribution in [1.29, 1.82) is 0 Å². The highest BCUT2D eigenvalue weighted by Gasteiger charge is 2.24. The van der Waals surface area contributed by atoms with E-state index in [1.807, 2.05) is 0 Å². The zero-order valence-corrected chi connectivity index (χ0v) is 8.19. The Labute approximate surface area is 82.4 Å². The van der Waals surface area contributed by atoms with Gasteiger partial charge in [0.05, 0.1) is 17.6 Å². The molecule has 0 amide bonds. The highest BCUT2D eigenvalue weighted by atomic mass is 79.9. The molecule has 1 aromatic rings. The molecule has 6 heteroatoms. The minimum absolute atomic E-state index is 0.124. The van der Waals surface area contributed by atoms with Crippen molar-refractivity contribution in [2.24, 2.45) is 0 Å². The summed E-state index contributed by atoms with van der Waals surface area (Å²) in [5.41, 5.74) is 0.124. The minimum Gasteiger partial charge on any atom is -0.477 e. The minimum atomic E-state index is -1.01. The van der Waals surface area contributed by atoms with Crippen LogP contribution in [0.2, 0.25) is 0 Å². The van der Waals surface area contributed by atoms with Gasteiger partial charge in [0.15, 0.2) is 0 Å². The van der Waals surface area contributed by atoms with E-state index < -0.39 is 5.97 Å². The highest BCUT2D eigenvalue weighted by molar-refractivity contribution is 9.09. The van der Waals surface area contributed by atoms with E-state index in [4.69, 9.17) is 9.84 Å². The maximum absolute atomic E-state index is 10.7. The molecular formula is C7H7BrN2O3. The van der Waals surface area contributed by atoms with Gasteiger partial charge in [-0.3, -0.25) is 0 Å². The highest BCUT2D eigenvalue weighted by Crippen LogP contribution is 2.24. The summed E-state index contributed by atoms with van der Waals surface area (Å²) in [5.74, 6) is -0.655. The van der Waals surface area contributed by atoms with Gasteiger partial charge in [-0.05, 0) is 0 Å². The van der Waals surface area contributed by atoms with Gasteiger partial charge in [0.25, 0.3) is 0 Å². The predicted molar refractivity (Wildman–Crippen MR) is 47.4 cm³/mol. The smallest absolute Gasteiger partial charge is 0.342 e. The van der Waals surface area contributed by atoms with Gasteiger partial charge in [-0.2, -0.15) is 5.10 Å². The van der Waals surface area contributed by atoms with E-state index in [2.05, 4.69) is 21.0 Å². The van der Waals surface area contributed by atoms with Crippen molar-refractivity contribution >= 4 is 21.9 Å². The van der Waals surface area contributed by atoms with Gasteiger partial charge in [-0.25, -0.2) is 9.48 Å². The number of hydrogen-bond donors (Lipinski definition) is 1. The molecule has 0 saturated heterocycles. The number of carbonyl (C=O) groups is 1. The lowest BCUT2D eigenvalue weighted by Crippen LogP contribution is -2.26. The first kappa shape index (κ1) is 8.55. The van der Waals surface area contributed by atoms with Gasteiger partial charge in [0, 0.05) is 0 Å². The van der Waals surface area contributed by atoms with Gasteiger partial charge in [-0.1, -0.05) is 15.9 Å². The molecule has 0 spiro atoms. The molecule has 1 aliphatic heterocycles. The number of fused-ring (bicyclic) bond motifs is 1. The Morgan fingerprint density at radius 3 is 3.31 bits per heavy atom. The summed E-state index contributed by atoms with van der Waals surface area (Å²) in [4.78, 5) is 10.9. The van der Waals surface area contributed by atoms with E-state index in [0.29, 0.717) is 19.0 Å². The third kappa shape index (κ3) is 1.41. The molecule has 0 fully saturated rings. The number of rotatable bonds is 1. The molecule has 0 bridgehead atoms. The number of carboxylic acids is 1. The molecule has 1 aromatic heterocycles. The Balaban J connectivity index is 2.39. The zero-order chi connectivity index (χ0) is 9.42. The first-order valence-electron chi connectivity index (χ1n) is 3.74. The second-order valence-corrected chi connectivity index (χ2v) is 4.05. The molecule has 2 heterocycles. The molecule has 5 nitrogen and oxygen atoms in total. The van der Waals surface area contributed by atoms with E-state index >= 15 is 0 Å².